The molecule has 1 aromatic heterocycles. The zero-order valence-corrected chi connectivity index (χ0v) is 12.9. The van der Waals surface area contributed by atoms with Gasteiger partial charge < -0.3 is 14.3 Å². The molecule has 0 unspecified atom stereocenters. The van der Waals surface area contributed by atoms with Crippen molar-refractivity contribution in [1.29, 1.82) is 0 Å². The Balaban J connectivity index is 2.31. The Hall–Kier alpha value is -3.68. The summed E-state index contributed by atoms with van der Waals surface area (Å²) in [6.45, 7) is 0. The largest absolute Gasteiger partial charge is 0.497 e. The van der Waals surface area contributed by atoms with Crippen LogP contribution in [0.15, 0.2) is 51.7 Å². The molecule has 0 bridgehead atoms. The lowest BCUT2D eigenvalue weighted by molar-refractivity contribution is -0.384. The van der Waals surface area contributed by atoms with Gasteiger partial charge in [-0.25, -0.2) is 4.79 Å². The van der Waals surface area contributed by atoms with Crippen LogP contribution in [0.3, 0.4) is 0 Å². The number of methoxy groups -OCH3 is 1. The average Bonchev–Trinajstić information content (AvgIpc) is 2.60. The smallest absolute Gasteiger partial charge is 0.343 e. The Labute approximate surface area is 140 Å². The van der Waals surface area contributed by atoms with E-state index in [0.717, 1.165) is 0 Å². The van der Waals surface area contributed by atoms with Gasteiger partial charge in [0.05, 0.1) is 17.4 Å². The van der Waals surface area contributed by atoms with Crippen LogP contribution < -0.4 is 10.2 Å². The number of rotatable bonds is 4. The van der Waals surface area contributed by atoms with Crippen molar-refractivity contribution in [2.45, 2.75) is 0 Å². The van der Waals surface area contributed by atoms with Crippen LogP contribution >= 0.6 is 0 Å². The van der Waals surface area contributed by atoms with Gasteiger partial charge in [-0.1, -0.05) is 0 Å². The molecule has 0 amide bonds. The summed E-state index contributed by atoms with van der Waals surface area (Å²) in [5, 5.41) is 20.3. The van der Waals surface area contributed by atoms with Crippen LogP contribution in [-0.2, 0) is 0 Å². The molecule has 0 aliphatic rings. The van der Waals surface area contributed by atoms with E-state index in [1.54, 1.807) is 0 Å². The topological polar surface area (TPSA) is 120 Å². The number of nitro groups is 1. The number of nitrogens with zero attached hydrogens (tertiary/aromatic N) is 1. The number of benzene rings is 2. The Morgan fingerprint density at radius 2 is 1.88 bits per heavy atom. The first kappa shape index (κ1) is 16.2. The normalized spacial score (nSPS) is 10.6. The van der Waals surface area contributed by atoms with Crippen LogP contribution in [0.1, 0.15) is 10.4 Å². The Morgan fingerprint density at radius 1 is 1.20 bits per heavy atom. The minimum Gasteiger partial charge on any atom is -0.497 e. The summed E-state index contributed by atoms with van der Waals surface area (Å²) in [7, 11) is 1.45. The number of aromatic carboxylic acids is 1. The zero-order chi connectivity index (χ0) is 18.1. The maximum Gasteiger partial charge on any atom is 0.343 e. The third kappa shape index (κ3) is 2.80. The van der Waals surface area contributed by atoms with Crippen LogP contribution in [0.2, 0.25) is 0 Å². The fourth-order valence-corrected chi connectivity index (χ4v) is 2.43. The molecule has 0 aliphatic heterocycles. The number of non-ortho nitro benzene ring substituents is 1. The van der Waals surface area contributed by atoms with Gasteiger partial charge in [0.2, 0.25) is 5.43 Å². The molecule has 0 atom stereocenters. The molecule has 0 saturated carbocycles. The van der Waals surface area contributed by atoms with Crippen LogP contribution in [0, 0.1) is 10.1 Å². The molecule has 8 nitrogen and oxygen atoms in total. The van der Waals surface area contributed by atoms with Crippen molar-refractivity contribution in [3.63, 3.8) is 0 Å². The predicted octanol–water partition coefficient (Wildman–Crippen LogP) is 3.08. The van der Waals surface area contributed by atoms with Crippen LogP contribution in [0.4, 0.5) is 5.69 Å². The molecule has 0 radical (unpaired) electrons. The van der Waals surface area contributed by atoms with Crippen molar-refractivity contribution >= 4 is 22.6 Å². The van der Waals surface area contributed by atoms with Crippen molar-refractivity contribution in [2.75, 3.05) is 7.11 Å². The van der Waals surface area contributed by atoms with E-state index in [1.165, 1.54) is 49.6 Å². The van der Waals surface area contributed by atoms with Crippen molar-refractivity contribution < 1.29 is 24.0 Å². The lowest BCUT2D eigenvalue weighted by Crippen LogP contribution is -2.16. The summed E-state index contributed by atoms with van der Waals surface area (Å²) >= 11 is 0. The van der Waals surface area contributed by atoms with Crippen molar-refractivity contribution in [1.82, 2.24) is 0 Å². The van der Waals surface area contributed by atoms with Gasteiger partial charge in [-0.2, -0.15) is 0 Å². The number of hydrogen-bond donors (Lipinski definition) is 1. The number of carbonyl (C=O) groups is 1. The maximum atomic E-state index is 12.5. The fraction of sp³-hybridized carbons (Fsp3) is 0.0588. The highest BCUT2D eigenvalue weighted by Gasteiger charge is 2.22. The molecule has 1 heterocycles. The van der Waals surface area contributed by atoms with Gasteiger partial charge in [0, 0.05) is 23.8 Å². The first-order valence-corrected chi connectivity index (χ1v) is 7.05. The second-order valence-corrected chi connectivity index (χ2v) is 5.11. The summed E-state index contributed by atoms with van der Waals surface area (Å²) in [5.74, 6) is -1.18. The van der Waals surface area contributed by atoms with E-state index in [9.17, 15) is 24.8 Å². The first-order chi connectivity index (χ1) is 11.9. The van der Waals surface area contributed by atoms with Crippen LogP contribution in [0.25, 0.3) is 22.3 Å². The van der Waals surface area contributed by atoms with Crippen molar-refractivity contribution in [3.8, 4) is 17.1 Å². The van der Waals surface area contributed by atoms with Crippen molar-refractivity contribution in [3.05, 3.63) is 68.4 Å². The first-order valence-electron chi connectivity index (χ1n) is 7.05. The second kappa shape index (κ2) is 6.08. The van der Waals surface area contributed by atoms with Gasteiger partial charge >= 0.3 is 5.97 Å². The molecule has 0 aliphatic carbocycles. The highest BCUT2D eigenvalue weighted by atomic mass is 16.6. The molecule has 0 saturated heterocycles. The molecular weight excluding hydrogens is 330 g/mol. The van der Waals surface area contributed by atoms with Gasteiger partial charge in [0.15, 0.2) is 11.3 Å². The average molecular weight is 341 g/mol. The Morgan fingerprint density at radius 3 is 2.44 bits per heavy atom. The standard InChI is InChI=1S/C17H11NO7/c1-24-11-6-7-12-13(8-11)25-16(14(15(12)19)17(20)21)9-2-4-10(5-3-9)18(22)23/h2-8H,1H3,(H,20,21). The van der Waals surface area contributed by atoms with Gasteiger partial charge in [0.1, 0.15) is 11.3 Å². The van der Waals surface area contributed by atoms with E-state index in [2.05, 4.69) is 0 Å². The molecule has 3 aromatic rings. The zero-order valence-electron chi connectivity index (χ0n) is 12.9. The van der Waals surface area contributed by atoms with E-state index in [4.69, 9.17) is 9.15 Å². The van der Waals surface area contributed by atoms with E-state index in [0.29, 0.717) is 5.75 Å². The predicted molar refractivity (Wildman–Crippen MR) is 88.1 cm³/mol. The van der Waals surface area contributed by atoms with E-state index in [1.807, 2.05) is 0 Å². The maximum absolute atomic E-state index is 12.5. The lowest BCUT2D eigenvalue weighted by atomic mass is 10.0. The molecule has 126 valence electrons. The molecule has 2 aromatic carbocycles. The number of fused-ring (bicyclic) bond motifs is 1. The highest BCUT2D eigenvalue weighted by Crippen LogP contribution is 2.29. The number of carboxylic acids is 1. The monoisotopic (exact) mass is 341 g/mol. The third-order valence-corrected chi connectivity index (χ3v) is 3.65. The molecule has 0 spiro atoms. The molecule has 3 rings (SSSR count). The minimum atomic E-state index is -1.44. The SMILES string of the molecule is COc1ccc2c(=O)c(C(=O)O)c(-c3ccc([N+](=O)[O-])cc3)oc2c1. The molecule has 8 heteroatoms. The van der Waals surface area contributed by atoms with Gasteiger partial charge in [-0.15, -0.1) is 0 Å². The summed E-state index contributed by atoms with van der Waals surface area (Å²) in [5.41, 5.74) is -1.01. The van der Waals surface area contributed by atoms with Crippen LogP contribution in [-0.4, -0.2) is 23.1 Å². The summed E-state index contributed by atoms with van der Waals surface area (Å²) in [6, 6.07) is 9.48. The highest BCUT2D eigenvalue weighted by molar-refractivity contribution is 5.98. The molecular formula is C17H11NO7. The number of nitro benzene ring substituents is 1. The fourth-order valence-electron chi connectivity index (χ4n) is 2.43. The van der Waals surface area contributed by atoms with Crippen LogP contribution in [0.5, 0.6) is 5.75 Å². The van der Waals surface area contributed by atoms with E-state index in [-0.39, 0.29) is 28.0 Å². The Bertz CT molecular complexity index is 1050. The summed E-state index contributed by atoms with van der Waals surface area (Å²) < 4.78 is 10.7. The number of carboxylic acid groups (broad SMARTS) is 1. The summed E-state index contributed by atoms with van der Waals surface area (Å²) in [6.07, 6.45) is 0. The quantitative estimate of drug-likeness (QED) is 0.572. The second-order valence-electron chi connectivity index (χ2n) is 5.11. The molecule has 1 N–H and O–H groups in total. The number of ether oxygens (including phenoxy) is 1. The lowest BCUT2D eigenvalue weighted by Gasteiger charge is -2.08. The minimum absolute atomic E-state index is 0.101. The van der Waals surface area contributed by atoms with Gasteiger partial charge in [-0.05, 0) is 24.3 Å². The summed E-state index contributed by atoms with van der Waals surface area (Å²) in [4.78, 5) is 34.3. The third-order valence-electron chi connectivity index (χ3n) is 3.65. The Kier molecular flexibility index (Phi) is 3.94. The molecule has 0 fully saturated rings. The van der Waals surface area contributed by atoms with Gasteiger partial charge in [0.25, 0.3) is 5.69 Å². The van der Waals surface area contributed by atoms with Crippen molar-refractivity contribution in [2.24, 2.45) is 0 Å². The molecule has 25 heavy (non-hydrogen) atoms. The van der Waals surface area contributed by atoms with E-state index >= 15 is 0 Å². The van der Waals surface area contributed by atoms with Gasteiger partial charge in [-0.3, -0.25) is 14.9 Å². The van der Waals surface area contributed by atoms with E-state index < -0.39 is 21.9 Å². The number of hydrogen-bond acceptors (Lipinski definition) is 6.